The predicted molar refractivity (Wildman–Crippen MR) is 123 cm³/mol. The number of likely N-dealkylation sites (tertiary alicyclic amines) is 1. The molecule has 0 amide bonds. The summed E-state index contributed by atoms with van der Waals surface area (Å²) in [6.45, 7) is 1.29. The lowest BCUT2D eigenvalue weighted by molar-refractivity contribution is 0.0819. The number of β-amino-alcohol motifs (C(OH)–C–C–N with tert-alkyl or cyclic N) is 1. The normalized spacial score (nSPS) is 22.9. The molecule has 2 aliphatic rings. The van der Waals surface area contributed by atoms with Crippen molar-refractivity contribution in [2.24, 2.45) is 0 Å². The van der Waals surface area contributed by atoms with E-state index in [-0.39, 0.29) is 18.0 Å². The molecule has 1 aromatic heterocycles. The van der Waals surface area contributed by atoms with Gasteiger partial charge >= 0.3 is 5.69 Å². The van der Waals surface area contributed by atoms with Crippen LogP contribution in [-0.4, -0.2) is 49.9 Å². The number of fused-ring (bicyclic) bond motifs is 1. The van der Waals surface area contributed by atoms with E-state index in [9.17, 15) is 15.0 Å². The van der Waals surface area contributed by atoms with Gasteiger partial charge in [0.05, 0.1) is 29.1 Å². The van der Waals surface area contributed by atoms with Gasteiger partial charge in [-0.05, 0) is 42.7 Å². The first-order valence-electron chi connectivity index (χ1n) is 10.2. The molecule has 1 aliphatic heterocycles. The number of aliphatic hydroxyl groups excluding tert-OH is 1. The monoisotopic (exact) mass is 495 g/mol. The zero-order chi connectivity index (χ0) is 22.6. The number of rotatable bonds is 4. The fraction of sp³-hybridized carbons (Fsp3) is 0.318. The second kappa shape index (κ2) is 8.32. The number of halogens is 3. The molecule has 10 heteroatoms. The number of nitrogens with one attached hydrogen (secondary N) is 1. The van der Waals surface area contributed by atoms with Crippen LogP contribution >= 0.6 is 34.8 Å². The van der Waals surface area contributed by atoms with Gasteiger partial charge in [0, 0.05) is 34.8 Å². The number of aliphatic hydroxyl groups is 1. The topological polar surface area (TPSA) is 90.7 Å². The van der Waals surface area contributed by atoms with Crippen LogP contribution in [0, 0.1) is 0 Å². The zero-order valence-corrected chi connectivity index (χ0v) is 19.0. The van der Waals surface area contributed by atoms with Crippen LogP contribution in [0.3, 0.4) is 0 Å². The largest absolute Gasteiger partial charge is 0.493 e. The number of aromatic nitrogens is 2. The molecule has 3 atom stereocenters. The Morgan fingerprint density at radius 1 is 1.12 bits per heavy atom. The molecule has 0 spiro atoms. The van der Waals surface area contributed by atoms with E-state index >= 15 is 0 Å². The molecule has 2 heterocycles. The number of benzene rings is 2. The van der Waals surface area contributed by atoms with Crippen molar-refractivity contribution in [3.05, 3.63) is 73.2 Å². The minimum absolute atomic E-state index is 0.0683. The van der Waals surface area contributed by atoms with Gasteiger partial charge in [-0.3, -0.25) is 4.90 Å². The lowest BCUT2D eigenvalue weighted by Crippen LogP contribution is -2.39. The third kappa shape index (κ3) is 3.78. The van der Waals surface area contributed by atoms with Gasteiger partial charge in [0.1, 0.15) is 11.9 Å². The van der Waals surface area contributed by atoms with Gasteiger partial charge in [-0.2, -0.15) is 0 Å². The highest BCUT2D eigenvalue weighted by Gasteiger charge is 2.42. The molecule has 168 valence electrons. The number of H-pyrrole nitrogens is 1. The van der Waals surface area contributed by atoms with Crippen LogP contribution in [0.25, 0.3) is 5.69 Å². The molecular formula is C22H20Cl3N3O4. The van der Waals surface area contributed by atoms with E-state index in [1.807, 2.05) is 6.07 Å². The van der Waals surface area contributed by atoms with Crippen LogP contribution in [0.1, 0.15) is 23.7 Å². The summed E-state index contributed by atoms with van der Waals surface area (Å²) in [6.07, 6.45) is 1.74. The van der Waals surface area contributed by atoms with E-state index in [4.69, 9.17) is 39.5 Å². The van der Waals surface area contributed by atoms with E-state index in [2.05, 4.69) is 9.88 Å². The minimum atomic E-state index is -0.482. The van der Waals surface area contributed by atoms with Crippen molar-refractivity contribution in [1.82, 2.24) is 14.5 Å². The maximum atomic E-state index is 12.1. The standard InChI is InChI=1S/C22H20Cl3N3O4/c23-11-5-15-14(17(25)6-11)8-18(27-4-3-13(29)10-27)21(15)32-19-7-12(1-2-16(19)24)28-20(30)9-26-22(28)31/h1-2,5-7,9,13,18,21,29-30H,3-4,8,10H2,(H,26,31)/t13-,18+,21+/m1/s1. The predicted octanol–water partition coefficient (Wildman–Crippen LogP) is 3.94. The summed E-state index contributed by atoms with van der Waals surface area (Å²) < 4.78 is 7.56. The molecule has 3 aromatic rings. The molecule has 0 saturated carbocycles. The van der Waals surface area contributed by atoms with Crippen molar-refractivity contribution in [1.29, 1.82) is 0 Å². The third-order valence-electron chi connectivity index (χ3n) is 6.11. The number of ether oxygens (including phenoxy) is 1. The Bertz CT molecular complexity index is 1240. The summed E-state index contributed by atoms with van der Waals surface area (Å²) in [5.74, 6) is 0.132. The van der Waals surface area contributed by atoms with Crippen molar-refractivity contribution < 1.29 is 14.9 Å². The van der Waals surface area contributed by atoms with Gasteiger partial charge in [-0.15, -0.1) is 0 Å². The molecule has 0 unspecified atom stereocenters. The van der Waals surface area contributed by atoms with Gasteiger partial charge in [0.15, 0.2) is 0 Å². The Morgan fingerprint density at radius 3 is 2.62 bits per heavy atom. The van der Waals surface area contributed by atoms with Crippen molar-refractivity contribution in [3.63, 3.8) is 0 Å². The molecule has 3 N–H and O–H groups in total. The van der Waals surface area contributed by atoms with Gasteiger partial charge in [-0.25, -0.2) is 9.36 Å². The summed E-state index contributed by atoms with van der Waals surface area (Å²) in [4.78, 5) is 16.7. The Balaban J connectivity index is 1.55. The van der Waals surface area contributed by atoms with Gasteiger partial charge in [0.2, 0.25) is 5.88 Å². The molecule has 32 heavy (non-hydrogen) atoms. The van der Waals surface area contributed by atoms with Gasteiger partial charge < -0.3 is 19.9 Å². The van der Waals surface area contributed by atoms with E-state index < -0.39 is 11.8 Å². The van der Waals surface area contributed by atoms with E-state index in [0.29, 0.717) is 45.9 Å². The van der Waals surface area contributed by atoms with E-state index in [1.54, 1.807) is 24.3 Å². The van der Waals surface area contributed by atoms with Crippen LogP contribution in [0.2, 0.25) is 15.1 Å². The Labute approximate surface area is 198 Å². The van der Waals surface area contributed by atoms with Crippen molar-refractivity contribution in [2.75, 3.05) is 13.1 Å². The van der Waals surface area contributed by atoms with Gasteiger partial charge in [-0.1, -0.05) is 34.8 Å². The second-order valence-electron chi connectivity index (χ2n) is 8.10. The van der Waals surface area contributed by atoms with Crippen molar-refractivity contribution in [3.8, 4) is 17.3 Å². The molecular weight excluding hydrogens is 477 g/mol. The maximum Gasteiger partial charge on any atom is 0.333 e. The average Bonchev–Trinajstić information content (AvgIpc) is 3.42. The Hall–Kier alpha value is -2.16. The first-order valence-corrected chi connectivity index (χ1v) is 11.3. The smallest absolute Gasteiger partial charge is 0.333 e. The van der Waals surface area contributed by atoms with Crippen LogP contribution in [-0.2, 0) is 6.42 Å². The number of imidazole rings is 1. The van der Waals surface area contributed by atoms with E-state index in [1.165, 1.54) is 6.20 Å². The zero-order valence-electron chi connectivity index (χ0n) is 16.8. The first-order chi connectivity index (χ1) is 15.3. The highest BCUT2D eigenvalue weighted by atomic mass is 35.5. The van der Waals surface area contributed by atoms with E-state index in [0.717, 1.165) is 22.2 Å². The number of hydrogen-bond acceptors (Lipinski definition) is 5. The van der Waals surface area contributed by atoms with Crippen LogP contribution in [0.5, 0.6) is 11.6 Å². The fourth-order valence-corrected chi connectivity index (χ4v) is 5.36. The molecule has 2 aromatic carbocycles. The SMILES string of the molecule is O=c1[nH]cc(O)n1-c1ccc(Cl)c(O[C@H]2c3cc(Cl)cc(Cl)c3C[C@@H]2N2CC[C@@H](O)C2)c1. The molecule has 0 radical (unpaired) electrons. The Kier molecular flexibility index (Phi) is 5.63. The third-order valence-corrected chi connectivity index (χ3v) is 6.98. The summed E-state index contributed by atoms with van der Waals surface area (Å²) in [5, 5.41) is 21.6. The molecule has 5 rings (SSSR count). The second-order valence-corrected chi connectivity index (χ2v) is 9.36. The number of aromatic hydroxyl groups is 1. The summed E-state index contributed by atoms with van der Waals surface area (Å²) in [5.41, 5.74) is 1.75. The lowest BCUT2D eigenvalue weighted by atomic mass is 10.1. The van der Waals surface area contributed by atoms with Crippen LogP contribution in [0.4, 0.5) is 0 Å². The van der Waals surface area contributed by atoms with Crippen molar-refractivity contribution in [2.45, 2.75) is 31.1 Å². The number of aromatic amines is 1. The highest BCUT2D eigenvalue weighted by molar-refractivity contribution is 6.35. The van der Waals surface area contributed by atoms with Gasteiger partial charge in [0.25, 0.3) is 0 Å². The fourth-order valence-electron chi connectivity index (χ4n) is 4.62. The highest BCUT2D eigenvalue weighted by Crippen LogP contribution is 2.44. The summed E-state index contributed by atoms with van der Waals surface area (Å²) in [6, 6.07) is 8.34. The average molecular weight is 497 g/mol. The molecule has 0 bridgehead atoms. The maximum absolute atomic E-state index is 12.1. The molecule has 1 fully saturated rings. The number of nitrogens with zero attached hydrogens (tertiary/aromatic N) is 2. The van der Waals surface area contributed by atoms with Crippen LogP contribution in [0.15, 0.2) is 41.3 Å². The van der Waals surface area contributed by atoms with Crippen LogP contribution < -0.4 is 10.4 Å². The summed E-state index contributed by atoms with van der Waals surface area (Å²) >= 11 is 19.2. The first kappa shape index (κ1) is 21.7. The summed E-state index contributed by atoms with van der Waals surface area (Å²) in [7, 11) is 0. The molecule has 1 aliphatic carbocycles. The lowest BCUT2D eigenvalue weighted by Gasteiger charge is -2.30. The quantitative estimate of drug-likeness (QED) is 0.509. The van der Waals surface area contributed by atoms with Crippen molar-refractivity contribution >= 4 is 34.8 Å². The number of hydrogen-bond donors (Lipinski definition) is 3. The minimum Gasteiger partial charge on any atom is -0.493 e. The molecule has 7 nitrogen and oxygen atoms in total. The Morgan fingerprint density at radius 2 is 1.94 bits per heavy atom. The molecule has 1 saturated heterocycles.